The molecule has 1 aromatic carbocycles. The second-order valence-corrected chi connectivity index (χ2v) is 8.53. The summed E-state index contributed by atoms with van der Waals surface area (Å²) in [5.41, 5.74) is -0.383. The van der Waals surface area contributed by atoms with Gasteiger partial charge in [0.15, 0.2) is 11.9 Å². The third kappa shape index (κ3) is 3.80. The molecule has 172 valence electrons. The summed E-state index contributed by atoms with van der Waals surface area (Å²) in [6, 6.07) is 4.55. The second-order valence-electron chi connectivity index (χ2n) is 8.12. The molecule has 3 fully saturated rings. The first-order chi connectivity index (χ1) is 15.3. The molecule has 8 nitrogen and oxygen atoms in total. The number of piperazine rings is 1. The Kier molecular flexibility index (Phi) is 6.05. The number of halogens is 2. The van der Waals surface area contributed by atoms with Crippen LogP contribution in [-0.2, 0) is 20.9 Å². The minimum absolute atomic E-state index is 0.0317. The second kappa shape index (κ2) is 8.63. The van der Waals surface area contributed by atoms with Gasteiger partial charge in [-0.15, -0.1) is 0 Å². The van der Waals surface area contributed by atoms with Crippen LogP contribution in [0, 0.1) is 5.82 Å². The monoisotopic (exact) mass is 465 g/mol. The molecular formula is C22H25ClFN3O5. The number of aliphatic hydroxyl groups is 2. The summed E-state index contributed by atoms with van der Waals surface area (Å²) in [6.45, 7) is 2.67. The Balaban J connectivity index is 1.61. The number of rotatable bonds is 5. The van der Waals surface area contributed by atoms with Crippen LogP contribution in [0.5, 0.6) is 0 Å². The van der Waals surface area contributed by atoms with Crippen LogP contribution in [0.25, 0.3) is 0 Å². The third-order valence-electron chi connectivity index (χ3n) is 6.15. The van der Waals surface area contributed by atoms with Gasteiger partial charge in [-0.2, -0.15) is 0 Å². The van der Waals surface area contributed by atoms with Crippen LogP contribution >= 0.6 is 11.6 Å². The van der Waals surface area contributed by atoms with E-state index >= 15 is 0 Å². The van der Waals surface area contributed by atoms with Gasteiger partial charge in [-0.1, -0.05) is 30.7 Å². The van der Waals surface area contributed by atoms with Gasteiger partial charge >= 0.3 is 5.95 Å². The van der Waals surface area contributed by atoms with E-state index in [-0.39, 0.29) is 22.8 Å². The molecule has 1 aromatic rings. The summed E-state index contributed by atoms with van der Waals surface area (Å²) < 4.78 is 20.0. The predicted octanol–water partition coefficient (Wildman–Crippen LogP) is 3.10. The summed E-state index contributed by atoms with van der Waals surface area (Å²) in [6.07, 6.45) is 3.26. The number of aliphatic hydroxyl groups excluding tert-OH is 1. The molecule has 1 aliphatic carbocycles. The van der Waals surface area contributed by atoms with Gasteiger partial charge in [0.25, 0.3) is 5.91 Å². The number of carbonyl (C=O) groups excluding carboxylic acids is 2. The number of nitrogens with zero attached hydrogens (tertiary/aromatic N) is 2. The Morgan fingerprint density at radius 2 is 2.16 bits per heavy atom. The zero-order chi connectivity index (χ0) is 23.0. The fourth-order valence-corrected chi connectivity index (χ4v) is 4.52. The van der Waals surface area contributed by atoms with Gasteiger partial charge in [0.05, 0.1) is 17.2 Å². The van der Waals surface area contributed by atoms with Crippen LogP contribution < -0.4 is 5.32 Å². The topological polar surface area (TPSA) is 102 Å². The highest BCUT2D eigenvalue weighted by molar-refractivity contribution is 6.30. The number of nitrogens with one attached hydrogen (secondary N) is 1. The Labute approximate surface area is 189 Å². The molecule has 2 amide bonds. The van der Waals surface area contributed by atoms with E-state index in [1.54, 1.807) is 13.0 Å². The van der Waals surface area contributed by atoms with Gasteiger partial charge in [-0.3, -0.25) is 9.59 Å². The zero-order valence-corrected chi connectivity index (χ0v) is 18.4. The third-order valence-corrected chi connectivity index (χ3v) is 6.44. The number of carbonyl (C=O) groups is 2. The normalized spacial score (nSPS) is 22.1. The van der Waals surface area contributed by atoms with Crippen molar-refractivity contribution in [3.05, 3.63) is 58.0 Å². The van der Waals surface area contributed by atoms with Crippen molar-refractivity contribution in [2.24, 2.45) is 0 Å². The van der Waals surface area contributed by atoms with E-state index in [1.165, 1.54) is 28.1 Å². The molecule has 10 heteroatoms. The molecule has 1 saturated carbocycles. The average Bonchev–Trinajstić information content (AvgIpc) is 3.57. The molecule has 1 spiro atoms. The summed E-state index contributed by atoms with van der Waals surface area (Å²) >= 11 is 5.80. The lowest BCUT2D eigenvalue weighted by Crippen LogP contribution is -2.64. The van der Waals surface area contributed by atoms with Gasteiger partial charge in [0, 0.05) is 30.4 Å². The fourth-order valence-electron chi connectivity index (χ4n) is 4.32. The number of hydrogen-bond acceptors (Lipinski definition) is 6. The van der Waals surface area contributed by atoms with E-state index < -0.39 is 35.3 Å². The maximum absolute atomic E-state index is 14.1. The Morgan fingerprint density at radius 3 is 2.81 bits per heavy atom. The number of benzene rings is 1. The quantitative estimate of drug-likeness (QED) is 0.456. The molecule has 0 aromatic heterocycles. The van der Waals surface area contributed by atoms with Crippen molar-refractivity contribution in [3.8, 4) is 0 Å². The van der Waals surface area contributed by atoms with Crippen molar-refractivity contribution in [1.29, 1.82) is 0 Å². The first kappa shape index (κ1) is 22.4. The summed E-state index contributed by atoms with van der Waals surface area (Å²) in [4.78, 5) is 28.9. The average molecular weight is 466 g/mol. The molecule has 4 rings (SSSR count). The number of fused-ring (bicyclic) bond motifs is 2. The largest absolute Gasteiger partial charge is 0.479 e. The Morgan fingerprint density at radius 1 is 1.41 bits per heavy atom. The van der Waals surface area contributed by atoms with E-state index in [4.69, 9.17) is 16.3 Å². The smallest absolute Gasteiger partial charge is 0.305 e. The van der Waals surface area contributed by atoms with Gasteiger partial charge in [-0.05, 0) is 31.7 Å². The molecular weight excluding hydrogens is 441 g/mol. The molecule has 2 saturated heterocycles. The Hall–Kier alpha value is -2.78. The minimum Gasteiger partial charge on any atom is -0.479 e. The molecule has 1 atom stereocenters. The lowest BCUT2D eigenvalue weighted by Gasteiger charge is -2.49. The van der Waals surface area contributed by atoms with E-state index in [0.717, 1.165) is 0 Å². The van der Waals surface area contributed by atoms with Crippen LogP contribution in [0.4, 0.5) is 4.39 Å². The first-order valence-corrected chi connectivity index (χ1v) is 10.9. The van der Waals surface area contributed by atoms with E-state index in [1.807, 2.05) is 0 Å². The predicted molar refractivity (Wildman–Crippen MR) is 114 cm³/mol. The molecule has 3 aliphatic rings. The van der Waals surface area contributed by atoms with Gasteiger partial charge < -0.3 is 30.1 Å². The maximum Gasteiger partial charge on any atom is 0.305 e. The first-order valence-electron chi connectivity index (χ1n) is 10.6. The van der Waals surface area contributed by atoms with Crippen molar-refractivity contribution < 1.29 is 28.9 Å². The molecule has 0 radical (unpaired) electrons. The molecule has 32 heavy (non-hydrogen) atoms. The molecule has 2 heterocycles. The Bertz CT molecular complexity index is 1000. The van der Waals surface area contributed by atoms with Crippen LogP contribution in [0.3, 0.4) is 0 Å². The maximum atomic E-state index is 14.1. The van der Waals surface area contributed by atoms with Gasteiger partial charge in [0.2, 0.25) is 5.91 Å². The van der Waals surface area contributed by atoms with Crippen LogP contribution in [-0.4, -0.2) is 56.7 Å². The lowest BCUT2D eigenvalue weighted by atomic mass is 10.0. The fraction of sp³-hybridized carbons (Fsp3) is 0.455. The van der Waals surface area contributed by atoms with Crippen molar-refractivity contribution in [1.82, 2.24) is 15.1 Å². The highest BCUT2D eigenvalue weighted by Crippen LogP contribution is 2.53. The SMILES string of the molecule is CC/C(=C\N1C(=C(O)O)C(=O)N2CCCOC2C12CC2)C(=O)NCc1cccc(Cl)c1F. The lowest BCUT2D eigenvalue weighted by molar-refractivity contribution is -0.177. The van der Waals surface area contributed by atoms with Crippen LogP contribution in [0.2, 0.25) is 5.02 Å². The summed E-state index contributed by atoms with van der Waals surface area (Å²) in [5, 5.41) is 22.5. The standard InChI is InChI=1S/C22H25ClFN3O5/c1-2-13(18(28)25-11-14-5-3-6-15(23)16(14)24)12-27-17(20(30)31)19(29)26-9-4-10-32-21(26)22(27)7-8-22/h3,5-6,12,21,30-31H,2,4,7-11H2,1H3,(H,25,28)/b13-12+. The van der Waals surface area contributed by atoms with Crippen LogP contribution in [0.15, 0.2) is 41.6 Å². The highest BCUT2D eigenvalue weighted by Gasteiger charge is 2.63. The van der Waals surface area contributed by atoms with Crippen molar-refractivity contribution in [3.63, 3.8) is 0 Å². The molecule has 2 aliphatic heterocycles. The van der Waals surface area contributed by atoms with E-state index in [0.29, 0.717) is 44.4 Å². The van der Waals surface area contributed by atoms with E-state index in [9.17, 15) is 24.2 Å². The molecule has 0 bridgehead atoms. The van der Waals surface area contributed by atoms with Crippen LogP contribution in [0.1, 0.15) is 38.2 Å². The summed E-state index contributed by atoms with van der Waals surface area (Å²) in [5.74, 6) is -2.71. The number of hydrogen-bond donors (Lipinski definition) is 3. The zero-order valence-electron chi connectivity index (χ0n) is 17.6. The van der Waals surface area contributed by atoms with E-state index in [2.05, 4.69) is 5.32 Å². The number of ether oxygens (including phenoxy) is 1. The van der Waals surface area contributed by atoms with Crippen molar-refractivity contribution in [2.75, 3.05) is 13.2 Å². The van der Waals surface area contributed by atoms with Gasteiger partial charge in [0.1, 0.15) is 5.82 Å². The number of amides is 2. The molecule has 1 unspecified atom stereocenters. The van der Waals surface area contributed by atoms with Gasteiger partial charge in [-0.25, -0.2) is 4.39 Å². The van der Waals surface area contributed by atoms with Crippen molar-refractivity contribution >= 4 is 23.4 Å². The molecule has 3 N–H and O–H groups in total. The highest BCUT2D eigenvalue weighted by atomic mass is 35.5. The summed E-state index contributed by atoms with van der Waals surface area (Å²) in [7, 11) is 0. The van der Waals surface area contributed by atoms with Crippen molar-refractivity contribution in [2.45, 2.75) is 50.9 Å². The minimum atomic E-state index is -1.10.